The Hall–Kier alpha value is -2.08. The molecule has 118 valence electrons. The molecule has 0 aliphatic rings. The second kappa shape index (κ2) is 6.79. The van der Waals surface area contributed by atoms with Crippen LogP contribution in [0, 0.1) is 5.82 Å². The van der Waals surface area contributed by atoms with E-state index in [2.05, 4.69) is 0 Å². The highest BCUT2D eigenvalue weighted by molar-refractivity contribution is 5.35. The molecular weight excluding hydrogens is 300 g/mol. The predicted octanol–water partition coefficient (Wildman–Crippen LogP) is 4.00. The van der Waals surface area contributed by atoms with E-state index in [9.17, 15) is 22.7 Å². The van der Waals surface area contributed by atoms with Crippen molar-refractivity contribution in [1.82, 2.24) is 0 Å². The van der Waals surface area contributed by atoms with Crippen LogP contribution in [0.2, 0.25) is 0 Å². The summed E-state index contributed by atoms with van der Waals surface area (Å²) in [5.74, 6) is -1.41. The van der Waals surface area contributed by atoms with Crippen LogP contribution in [-0.4, -0.2) is 18.3 Å². The van der Waals surface area contributed by atoms with E-state index in [1.807, 2.05) is 0 Å². The lowest BCUT2D eigenvalue weighted by Gasteiger charge is -2.18. The normalized spacial score (nSPS) is 13.0. The van der Waals surface area contributed by atoms with E-state index in [-0.39, 0.29) is 19.0 Å². The van der Waals surface area contributed by atoms with Crippen molar-refractivity contribution >= 4 is 0 Å². The SMILES string of the molecule is OCC(COc1ccccc1C(F)(F)F)c1cccc(F)c1. The maximum Gasteiger partial charge on any atom is 0.419 e. The van der Waals surface area contributed by atoms with E-state index in [4.69, 9.17) is 4.74 Å². The maximum atomic E-state index is 13.2. The molecule has 0 saturated carbocycles. The first-order chi connectivity index (χ1) is 10.4. The molecule has 22 heavy (non-hydrogen) atoms. The van der Waals surface area contributed by atoms with E-state index in [0.717, 1.165) is 6.07 Å². The lowest BCUT2D eigenvalue weighted by molar-refractivity contribution is -0.139. The number of aliphatic hydroxyl groups excluding tert-OH is 1. The average Bonchev–Trinajstić information content (AvgIpc) is 2.47. The summed E-state index contributed by atoms with van der Waals surface area (Å²) in [6.45, 7) is -0.551. The molecule has 1 unspecified atom stereocenters. The summed E-state index contributed by atoms with van der Waals surface area (Å²) >= 11 is 0. The molecule has 2 nitrogen and oxygen atoms in total. The van der Waals surface area contributed by atoms with Crippen molar-refractivity contribution < 1.29 is 27.4 Å². The quantitative estimate of drug-likeness (QED) is 0.845. The molecular formula is C16H14F4O2. The molecule has 0 spiro atoms. The van der Waals surface area contributed by atoms with Crippen molar-refractivity contribution in [2.24, 2.45) is 0 Å². The van der Waals surface area contributed by atoms with Crippen LogP contribution in [0.5, 0.6) is 5.75 Å². The van der Waals surface area contributed by atoms with Crippen LogP contribution in [0.1, 0.15) is 17.0 Å². The zero-order valence-electron chi connectivity index (χ0n) is 11.5. The number of rotatable bonds is 5. The third-order valence-corrected chi connectivity index (χ3v) is 3.17. The zero-order chi connectivity index (χ0) is 16.2. The molecule has 0 saturated heterocycles. The molecule has 0 aromatic heterocycles. The summed E-state index contributed by atoms with van der Waals surface area (Å²) in [5.41, 5.74) is -0.419. The number of hydrogen-bond donors (Lipinski definition) is 1. The molecule has 2 aromatic rings. The molecule has 0 radical (unpaired) electrons. The Morgan fingerprint density at radius 3 is 2.41 bits per heavy atom. The number of aliphatic hydroxyl groups is 1. The van der Waals surface area contributed by atoms with Crippen molar-refractivity contribution in [1.29, 1.82) is 0 Å². The first kappa shape index (κ1) is 16.3. The van der Waals surface area contributed by atoms with Gasteiger partial charge in [0.15, 0.2) is 0 Å². The Morgan fingerprint density at radius 1 is 1.05 bits per heavy atom. The van der Waals surface area contributed by atoms with Crippen molar-refractivity contribution in [3.63, 3.8) is 0 Å². The molecule has 0 bridgehead atoms. The third kappa shape index (κ3) is 3.98. The van der Waals surface area contributed by atoms with Gasteiger partial charge in [0.25, 0.3) is 0 Å². The van der Waals surface area contributed by atoms with Crippen LogP contribution < -0.4 is 4.74 Å². The fourth-order valence-corrected chi connectivity index (χ4v) is 2.03. The number of hydrogen-bond acceptors (Lipinski definition) is 2. The smallest absolute Gasteiger partial charge is 0.419 e. The number of ether oxygens (including phenoxy) is 1. The van der Waals surface area contributed by atoms with E-state index in [1.54, 1.807) is 6.07 Å². The summed E-state index contributed by atoms with van der Waals surface area (Å²) in [6.07, 6.45) is -4.52. The Morgan fingerprint density at radius 2 is 1.77 bits per heavy atom. The molecule has 6 heteroatoms. The van der Waals surface area contributed by atoms with E-state index < -0.39 is 23.5 Å². The second-order valence-electron chi connectivity index (χ2n) is 4.74. The van der Waals surface area contributed by atoms with Crippen LogP contribution in [0.25, 0.3) is 0 Å². The first-order valence-corrected chi connectivity index (χ1v) is 6.57. The number of para-hydroxylation sites is 1. The molecule has 0 fully saturated rings. The van der Waals surface area contributed by atoms with Crippen molar-refractivity contribution in [3.8, 4) is 5.75 Å². The van der Waals surface area contributed by atoms with Crippen LogP contribution >= 0.6 is 0 Å². The average molecular weight is 314 g/mol. The van der Waals surface area contributed by atoms with E-state index >= 15 is 0 Å². The van der Waals surface area contributed by atoms with Crippen LogP contribution in [0.3, 0.4) is 0 Å². The second-order valence-corrected chi connectivity index (χ2v) is 4.74. The van der Waals surface area contributed by atoms with Crippen LogP contribution in [-0.2, 0) is 6.18 Å². The molecule has 0 aliphatic heterocycles. The lowest BCUT2D eigenvalue weighted by atomic mass is 10.0. The number of alkyl halides is 3. The zero-order valence-corrected chi connectivity index (χ0v) is 11.5. The highest BCUT2D eigenvalue weighted by Crippen LogP contribution is 2.36. The molecule has 2 rings (SSSR count). The largest absolute Gasteiger partial charge is 0.492 e. The Kier molecular flexibility index (Phi) is 5.03. The van der Waals surface area contributed by atoms with Gasteiger partial charge in [-0.1, -0.05) is 24.3 Å². The fourth-order valence-electron chi connectivity index (χ4n) is 2.03. The summed E-state index contributed by atoms with van der Waals surface area (Å²) in [6, 6.07) is 10.4. The minimum atomic E-state index is -4.52. The van der Waals surface area contributed by atoms with E-state index in [0.29, 0.717) is 5.56 Å². The first-order valence-electron chi connectivity index (χ1n) is 6.57. The summed E-state index contributed by atoms with van der Waals surface area (Å²) in [7, 11) is 0. The maximum absolute atomic E-state index is 13.2. The van der Waals surface area contributed by atoms with Crippen molar-refractivity contribution in [3.05, 3.63) is 65.5 Å². The molecule has 1 atom stereocenters. The number of halogens is 4. The third-order valence-electron chi connectivity index (χ3n) is 3.17. The van der Waals surface area contributed by atoms with Gasteiger partial charge in [-0.3, -0.25) is 0 Å². The van der Waals surface area contributed by atoms with E-state index in [1.165, 1.54) is 36.4 Å². The fraction of sp³-hybridized carbons (Fsp3) is 0.250. The number of benzene rings is 2. The van der Waals surface area contributed by atoms with Gasteiger partial charge < -0.3 is 9.84 Å². The van der Waals surface area contributed by atoms with Gasteiger partial charge in [-0.2, -0.15) is 13.2 Å². The Labute approximate surface area is 125 Å². The van der Waals surface area contributed by atoms with Crippen molar-refractivity contribution in [2.75, 3.05) is 13.2 Å². The molecule has 0 heterocycles. The molecule has 0 aliphatic carbocycles. The van der Waals surface area contributed by atoms with Crippen molar-refractivity contribution in [2.45, 2.75) is 12.1 Å². The molecule has 0 amide bonds. The van der Waals surface area contributed by atoms with Gasteiger partial charge >= 0.3 is 6.18 Å². The van der Waals surface area contributed by atoms with Crippen LogP contribution in [0.4, 0.5) is 17.6 Å². The van der Waals surface area contributed by atoms with Gasteiger partial charge in [0.1, 0.15) is 11.6 Å². The summed E-state index contributed by atoms with van der Waals surface area (Å²) in [5, 5.41) is 9.35. The van der Waals surface area contributed by atoms with Gasteiger partial charge in [-0.05, 0) is 29.8 Å². The predicted molar refractivity (Wildman–Crippen MR) is 73.2 cm³/mol. The van der Waals surface area contributed by atoms with Crippen LogP contribution in [0.15, 0.2) is 48.5 Å². The standard InChI is InChI=1S/C16H14F4O2/c17-13-5-3-4-11(8-13)12(9-21)10-22-15-7-2-1-6-14(15)16(18,19)20/h1-8,12,21H,9-10H2. The minimum Gasteiger partial charge on any atom is -0.492 e. The summed E-state index contributed by atoms with van der Waals surface area (Å²) in [4.78, 5) is 0. The topological polar surface area (TPSA) is 29.5 Å². The van der Waals surface area contributed by atoms with Gasteiger partial charge in [0.05, 0.1) is 18.8 Å². The van der Waals surface area contributed by atoms with Gasteiger partial charge in [-0.15, -0.1) is 0 Å². The molecule has 2 aromatic carbocycles. The summed E-state index contributed by atoms with van der Waals surface area (Å²) < 4.78 is 56.9. The van der Waals surface area contributed by atoms with Gasteiger partial charge in [-0.25, -0.2) is 4.39 Å². The molecule has 1 N–H and O–H groups in total. The monoisotopic (exact) mass is 314 g/mol. The highest BCUT2D eigenvalue weighted by Gasteiger charge is 2.34. The van der Waals surface area contributed by atoms with Gasteiger partial charge in [0, 0.05) is 5.92 Å². The lowest BCUT2D eigenvalue weighted by Crippen LogP contribution is -2.16. The highest BCUT2D eigenvalue weighted by atomic mass is 19.4. The minimum absolute atomic E-state index is 0.187. The van der Waals surface area contributed by atoms with Gasteiger partial charge in [0.2, 0.25) is 0 Å². The Bertz CT molecular complexity index is 626. The Balaban J connectivity index is 2.15.